The van der Waals surface area contributed by atoms with Crippen LogP contribution in [0.3, 0.4) is 0 Å². The van der Waals surface area contributed by atoms with Crippen molar-refractivity contribution in [3.05, 3.63) is 0 Å². The molecule has 0 bridgehead atoms. The summed E-state index contributed by atoms with van der Waals surface area (Å²) in [6.45, 7) is 5.78. The first-order valence-electron chi connectivity index (χ1n) is 25.2. The maximum atomic E-state index is 13.7. The fraction of sp³-hybridized carbons (Fsp3) is 0.938. The van der Waals surface area contributed by atoms with Gasteiger partial charge in [-0.2, -0.15) is 8.42 Å². The number of aliphatic hydroxyl groups is 2. The highest BCUT2D eigenvalue weighted by molar-refractivity contribution is 7.80. The van der Waals surface area contributed by atoms with Crippen molar-refractivity contribution in [2.45, 2.75) is 282 Å². The van der Waals surface area contributed by atoms with Crippen LogP contribution >= 0.6 is 0 Å². The SMILES string of the molecule is CCCCCCCCCCCCCC(=O)O[C@H](CCCCCCCCCCC)CC(=O)N[C@H]1C(O)O[C@H](CO)[C@@H](OS(=O)(=O)O)[C@@H]1OC(=O)CCCCCCCCCCCCC. The Hall–Kier alpha value is -1.84. The number of rotatable bonds is 42. The first-order valence-corrected chi connectivity index (χ1v) is 26.6. The van der Waals surface area contributed by atoms with Crippen LogP contribution in [0.15, 0.2) is 0 Å². The molecule has 6 atom stereocenters. The molecule has 1 unspecified atom stereocenters. The van der Waals surface area contributed by atoms with Crippen molar-refractivity contribution >= 4 is 28.2 Å². The van der Waals surface area contributed by atoms with E-state index in [1.807, 2.05) is 0 Å². The van der Waals surface area contributed by atoms with E-state index in [1.165, 1.54) is 116 Å². The fourth-order valence-corrected chi connectivity index (χ4v) is 8.79. The van der Waals surface area contributed by atoms with Crippen molar-refractivity contribution in [1.82, 2.24) is 5.32 Å². The van der Waals surface area contributed by atoms with Crippen LogP contribution in [0.5, 0.6) is 0 Å². The number of carbonyl (C=O) groups excluding carboxylic acids is 3. The molecular weight excluding hydrogens is 815 g/mol. The second-order valence-electron chi connectivity index (χ2n) is 17.8. The second kappa shape index (κ2) is 38.4. The Bertz CT molecular complexity index is 1220. The van der Waals surface area contributed by atoms with Crippen molar-refractivity contribution in [2.24, 2.45) is 0 Å². The zero-order valence-electron chi connectivity index (χ0n) is 39.3. The molecule has 0 aromatic rings. The van der Waals surface area contributed by atoms with E-state index in [4.69, 9.17) is 18.4 Å². The summed E-state index contributed by atoms with van der Waals surface area (Å²) in [7, 11) is -5.15. The predicted octanol–water partition coefficient (Wildman–Crippen LogP) is 10.9. The van der Waals surface area contributed by atoms with Crippen molar-refractivity contribution in [2.75, 3.05) is 6.61 Å². The fourth-order valence-electron chi connectivity index (χ4n) is 8.28. The molecule has 62 heavy (non-hydrogen) atoms. The molecule has 366 valence electrons. The predicted molar refractivity (Wildman–Crippen MR) is 245 cm³/mol. The number of unbranched alkanes of at least 4 members (excludes halogenated alkanes) is 28. The molecule has 0 aliphatic carbocycles. The van der Waals surface area contributed by atoms with Gasteiger partial charge in [0.2, 0.25) is 5.91 Å². The Balaban J connectivity index is 2.88. The molecule has 4 N–H and O–H groups in total. The lowest BCUT2D eigenvalue weighted by Crippen LogP contribution is -2.66. The lowest BCUT2D eigenvalue weighted by atomic mass is 9.96. The first kappa shape index (κ1) is 58.2. The minimum Gasteiger partial charge on any atom is -0.462 e. The zero-order chi connectivity index (χ0) is 45.7. The van der Waals surface area contributed by atoms with E-state index in [1.54, 1.807) is 0 Å². The molecule has 1 rings (SSSR count). The lowest BCUT2D eigenvalue weighted by molar-refractivity contribution is -0.254. The molecule has 0 aromatic carbocycles. The van der Waals surface area contributed by atoms with Crippen LogP contribution in [0.1, 0.15) is 245 Å². The lowest BCUT2D eigenvalue weighted by Gasteiger charge is -2.43. The highest BCUT2D eigenvalue weighted by Gasteiger charge is 2.50. The van der Waals surface area contributed by atoms with Crippen LogP contribution in [0.4, 0.5) is 0 Å². The third kappa shape index (κ3) is 31.1. The summed E-state index contributed by atoms with van der Waals surface area (Å²) in [5.41, 5.74) is 0. The summed E-state index contributed by atoms with van der Waals surface area (Å²) in [6, 6.07) is -1.53. The summed E-state index contributed by atoms with van der Waals surface area (Å²) in [5, 5.41) is 23.6. The molecule has 1 heterocycles. The van der Waals surface area contributed by atoms with Gasteiger partial charge in [-0.25, -0.2) is 4.18 Å². The molecular formula is C48H91NO12S. The molecule has 0 saturated carbocycles. The van der Waals surface area contributed by atoms with Gasteiger partial charge in [0.05, 0.1) is 13.0 Å². The van der Waals surface area contributed by atoms with Crippen LogP contribution in [-0.4, -0.2) is 84.4 Å². The van der Waals surface area contributed by atoms with Crippen LogP contribution in [0, 0.1) is 0 Å². The summed E-state index contributed by atoms with van der Waals surface area (Å²) >= 11 is 0. The Morgan fingerprint density at radius 1 is 0.581 bits per heavy atom. The molecule has 1 aliphatic rings. The van der Waals surface area contributed by atoms with Gasteiger partial charge in [0.1, 0.15) is 24.4 Å². The van der Waals surface area contributed by atoms with Gasteiger partial charge in [0.15, 0.2) is 12.4 Å². The maximum Gasteiger partial charge on any atom is 0.397 e. The molecule has 13 nitrogen and oxygen atoms in total. The van der Waals surface area contributed by atoms with Gasteiger partial charge < -0.3 is 29.7 Å². The maximum absolute atomic E-state index is 13.7. The van der Waals surface area contributed by atoms with Gasteiger partial charge in [0, 0.05) is 12.8 Å². The molecule has 1 amide bonds. The third-order valence-electron chi connectivity index (χ3n) is 12.0. The van der Waals surface area contributed by atoms with Gasteiger partial charge in [0.25, 0.3) is 0 Å². The average molecular weight is 906 g/mol. The normalized spacial score (nSPS) is 19.6. The molecule has 1 fully saturated rings. The quantitative estimate of drug-likeness (QED) is 0.0257. The van der Waals surface area contributed by atoms with Gasteiger partial charge >= 0.3 is 22.3 Å². The van der Waals surface area contributed by atoms with E-state index in [0.717, 1.165) is 70.6 Å². The van der Waals surface area contributed by atoms with Crippen LogP contribution in [0.25, 0.3) is 0 Å². The Kier molecular flexibility index (Phi) is 36.1. The van der Waals surface area contributed by atoms with E-state index < -0.39 is 65.6 Å². The Morgan fingerprint density at radius 2 is 0.968 bits per heavy atom. The third-order valence-corrected chi connectivity index (χ3v) is 12.4. The minimum absolute atomic E-state index is 0.0105. The zero-order valence-corrected chi connectivity index (χ0v) is 40.2. The number of amides is 1. The first-order chi connectivity index (χ1) is 29.9. The summed E-state index contributed by atoms with van der Waals surface area (Å²) in [5.74, 6) is -1.75. The largest absolute Gasteiger partial charge is 0.462 e. The molecule has 0 spiro atoms. The van der Waals surface area contributed by atoms with E-state index in [2.05, 4.69) is 26.1 Å². The number of ether oxygens (including phenoxy) is 3. The highest BCUT2D eigenvalue weighted by atomic mass is 32.3. The number of hydrogen-bond donors (Lipinski definition) is 4. The number of carbonyl (C=O) groups is 3. The molecule has 0 aromatic heterocycles. The molecule has 1 saturated heterocycles. The smallest absolute Gasteiger partial charge is 0.397 e. The monoisotopic (exact) mass is 906 g/mol. The Labute approximate surface area is 377 Å². The molecule has 0 radical (unpaired) electrons. The highest BCUT2D eigenvalue weighted by Crippen LogP contribution is 2.28. The van der Waals surface area contributed by atoms with Crippen molar-refractivity contribution in [3.8, 4) is 0 Å². The van der Waals surface area contributed by atoms with E-state index >= 15 is 0 Å². The van der Waals surface area contributed by atoms with Crippen molar-refractivity contribution in [3.63, 3.8) is 0 Å². The van der Waals surface area contributed by atoms with Crippen LogP contribution in [-0.2, 0) is 43.2 Å². The number of nitrogens with one attached hydrogen (secondary N) is 1. The minimum atomic E-state index is -5.15. The number of esters is 2. The van der Waals surface area contributed by atoms with E-state index in [0.29, 0.717) is 19.3 Å². The number of aliphatic hydroxyl groups excluding tert-OH is 2. The second-order valence-corrected chi connectivity index (χ2v) is 18.8. The standard InChI is InChI=1S/C48H91NO12S/c1-4-7-10-13-16-19-21-24-27-30-33-36-43(52)58-40(35-32-29-26-23-18-15-12-9-6-3)38-42(51)49-45-47(46(61-62(55,56)57)41(39-50)59-48(45)54)60-44(53)37-34-31-28-25-22-20-17-14-11-8-5-2/h40-41,45-48,50,54H,4-39H2,1-3H3,(H,49,51)(H,55,56,57)/t40-,41-,45-,46-,47-,48?/m1/s1. The molecule has 14 heteroatoms. The van der Waals surface area contributed by atoms with Gasteiger partial charge in [-0.15, -0.1) is 0 Å². The summed E-state index contributed by atoms with van der Waals surface area (Å²) in [6.07, 6.45) is 27.4. The van der Waals surface area contributed by atoms with E-state index in [-0.39, 0.29) is 25.2 Å². The van der Waals surface area contributed by atoms with Crippen molar-refractivity contribution in [1.29, 1.82) is 0 Å². The van der Waals surface area contributed by atoms with Crippen LogP contribution in [0.2, 0.25) is 0 Å². The topological polar surface area (TPSA) is 195 Å². The van der Waals surface area contributed by atoms with Gasteiger partial charge in [-0.1, -0.05) is 201 Å². The summed E-state index contributed by atoms with van der Waals surface area (Å²) < 4.78 is 55.2. The van der Waals surface area contributed by atoms with Crippen LogP contribution < -0.4 is 5.32 Å². The van der Waals surface area contributed by atoms with Crippen molar-refractivity contribution < 1.29 is 56.0 Å². The number of hydrogen-bond acceptors (Lipinski definition) is 11. The average Bonchev–Trinajstić information content (AvgIpc) is 3.22. The van der Waals surface area contributed by atoms with Gasteiger partial charge in [-0.05, 0) is 25.7 Å². The van der Waals surface area contributed by atoms with E-state index in [9.17, 15) is 37.6 Å². The summed E-state index contributed by atoms with van der Waals surface area (Å²) in [4.78, 5) is 39.8. The van der Waals surface area contributed by atoms with Gasteiger partial charge in [-0.3, -0.25) is 18.9 Å². The Morgan fingerprint density at radius 3 is 1.37 bits per heavy atom. The molecule has 1 aliphatic heterocycles.